The van der Waals surface area contributed by atoms with Gasteiger partial charge in [-0.15, -0.1) is 0 Å². The van der Waals surface area contributed by atoms with Crippen LogP contribution in [0.3, 0.4) is 0 Å². The van der Waals surface area contributed by atoms with E-state index in [2.05, 4.69) is 20.8 Å². The number of amides is 2. The van der Waals surface area contributed by atoms with Gasteiger partial charge in [0.05, 0.1) is 25.7 Å². The number of rotatable bonds is 6. The number of hydrogen-bond acceptors (Lipinski definition) is 4. The Kier molecular flexibility index (Phi) is 5.93. The number of carbonyl (C=O) groups is 2. The molecule has 1 rings (SSSR count). The second-order valence-corrected chi connectivity index (χ2v) is 7.93. The van der Waals surface area contributed by atoms with Gasteiger partial charge in [0.2, 0.25) is 11.8 Å². The molecule has 0 N–H and O–H groups in total. The Hall–Kier alpha value is -0.940. The lowest BCUT2D eigenvalue weighted by Gasteiger charge is -2.24. The van der Waals surface area contributed by atoms with Gasteiger partial charge in [-0.25, -0.2) is 0 Å². The zero-order valence-corrected chi connectivity index (χ0v) is 14.2. The summed E-state index contributed by atoms with van der Waals surface area (Å²) in [5.74, 6) is -0.510. The molecule has 5 nitrogen and oxygen atoms in total. The van der Waals surface area contributed by atoms with Crippen molar-refractivity contribution >= 4 is 11.8 Å². The normalized spacial score (nSPS) is 20.5. The molecule has 5 heteroatoms. The van der Waals surface area contributed by atoms with E-state index in [-0.39, 0.29) is 41.7 Å². The second kappa shape index (κ2) is 6.88. The zero-order valence-electron chi connectivity index (χ0n) is 14.2. The first-order chi connectivity index (χ1) is 9.52. The summed E-state index contributed by atoms with van der Waals surface area (Å²) in [6.07, 6.45) is 0.284. The molecule has 21 heavy (non-hydrogen) atoms. The number of imide groups is 1. The van der Waals surface area contributed by atoms with Gasteiger partial charge in [0.1, 0.15) is 6.73 Å². The zero-order chi connectivity index (χ0) is 16.3. The van der Waals surface area contributed by atoms with Crippen molar-refractivity contribution in [3.05, 3.63) is 0 Å². The third-order valence-electron chi connectivity index (χ3n) is 3.42. The van der Waals surface area contributed by atoms with E-state index in [1.54, 1.807) is 0 Å². The van der Waals surface area contributed by atoms with Crippen molar-refractivity contribution in [3.8, 4) is 0 Å². The van der Waals surface area contributed by atoms with Crippen molar-refractivity contribution in [2.45, 2.75) is 48.0 Å². The van der Waals surface area contributed by atoms with E-state index in [0.717, 1.165) is 0 Å². The molecule has 1 fully saturated rings. The Bertz CT molecular complexity index is 379. The maximum absolute atomic E-state index is 12.2. The van der Waals surface area contributed by atoms with E-state index in [0.29, 0.717) is 19.8 Å². The molecule has 0 spiro atoms. The molecular weight excluding hydrogens is 270 g/mol. The molecule has 1 aliphatic heterocycles. The van der Waals surface area contributed by atoms with Gasteiger partial charge in [0.15, 0.2) is 0 Å². The first-order valence-corrected chi connectivity index (χ1v) is 7.52. The van der Waals surface area contributed by atoms with E-state index in [1.165, 1.54) is 4.90 Å². The largest absolute Gasteiger partial charge is 0.379 e. The number of ether oxygens (including phenoxy) is 2. The minimum atomic E-state index is -0.245. The number of hydrogen-bond donors (Lipinski definition) is 0. The summed E-state index contributed by atoms with van der Waals surface area (Å²) in [5, 5.41) is 0. The molecule has 1 heterocycles. The molecule has 0 aromatic rings. The van der Waals surface area contributed by atoms with Crippen molar-refractivity contribution in [1.82, 2.24) is 4.90 Å². The molecule has 1 saturated heterocycles. The third-order valence-corrected chi connectivity index (χ3v) is 3.42. The van der Waals surface area contributed by atoms with Crippen LogP contribution in [0.4, 0.5) is 0 Å². The van der Waals surface area contributed by atoms with Gasteiger partial charge in [-0.1, -0.05) is 41.5 Å². The Morgan fingerprint density at radius 3 is 2.10 bits per heavy atom. The number of likely N-dealkylation sites (tertiary alicyclic amines) is 1. The highest BCUT2D eigenvalue weighted by Gasteiger charge is 2.44. The number of carbonyl (C=O) groups excluding carboxylic acids is 2. The highest BCUT2D eigenvalue weighted by molar-refractivity contribution is 6.03. The van der Waals surface area contributed by atoms with Gasteiger partial charge in [-0.3, -0.25) is 14.5 Å². The van der Waals surface area contributed by atoms with Crippen LogP contribution in [-0.4, -0.2) is 43.3 Å². The van der Waals surface area contributed by atoms with Crippen molar-refractivity contribution in [2.75, 3.05) is 26.6 Å². The fourth-order valence-electron chi connectivity index (χ4n) is 2.15. The monoisotopic (exact) mass is 299 g/mol. The molecule has 1 atom stereocenters. The molecule has 0 aromatic heterocycles. The quantitative estimate of drug-likeness (QED) is 0.558. The maximum atomic E-state index is 12.2. The Labute approximate surface area is 128 Å². The molecule has 0 bridgehead atoms. The molecule has 1 unspecified atom stereocenters. The van der Waals surface area contributed by atoms with Crippen LogP contribution in [0.5, 0.6) is 0 Å². The van der Waals surface area contributed by atoms with Crippen LogP contribution in [-0.2, 0) is 19.1 Å². The summed E-state index contributed by atoms with van der Waals surface area (Å²) >= 11 is 0. The highest BCUT2D eigenvalue weighted by Crippen LogP contribution is 2.35. The molecular formula is C16H29NO4. The van der Waals surface area contributed by atoms with Crippen LogP contribution in [0.15, 0.2) is 0 Å². The summed E-state index contributed by atoms with van der Waals surface area (Å²) < 4.78 is 10.9. The average Bonchev–Trinajstić information content (AvgIpc) is 2.58. The molecule has 0 aliphatic carbocycles. The van der Waals surface area contributed by atoms with Crippen molar-refractivity contribution in [3.63, 3.8) is 0 Å². The maximum Gasteiger partial charge on any atom is 0.235 e. The first-order valence-electron chi connectivity index (χ1n) is 7.52. The van der Waals surface area contributed by atoms with Crippen molar-refractivity contribution in [2.24, 2.45) is 16.7 Å². The van der Waals surface area contributed by atoms with Crippen molar-refractivity contribution < 1.29 is 19.1 Å². The van der Waals surface area contributed by atoms with Crippen molar-refractivity contribution in [1.29, 1.82) is 0 Å². The van der Waals surface area contributed by atoms with Gasteiger partial charge >= 0.3 is 0 Å². The van der Waals surface area contributed by atoms with E-state index >= 15 is 0 Å². The minimum absolute atomic E-state index is 0.0309. The van der Waals surface area contributed by atoms with Gasteiger partial charge in [-0.2, -0.15) is 0 Å². The lowest BCUT2D eigenvalue weighted by atomic mass is 9.80. The highest BCUT2D eigenvalue weighted by atomic mass is 16.5. The van der Waals surface area contributed by atoms with Gasteiger partial charge in [0.25, 0.3) is 0 Å². The van der Waals surface area contributed by atoms with E-state index in [9.17, 15) is 9.59 Å². The molecule has 0 saturated carbocycles. The predicted octanol–water partition coefficient (Wildman–Crippen LogP) is 2.44. The molecule has 0 radical (unpaired) electrons. The Balaban J connectivity index is 2.30. The summed E-state index contributed by atoms with van der Waals surface area (Å²) in [6, 6.07) is 0. The molecule has 2 amide bonds. The Morgan fingerprint density at radius 2 is 1.62 bits per heavy atom. The standard InChI is InChI=1S/C16H29NO4/c1-15(2,3)10-20-7-8-21-11-17-13(18)9-12(14(17)19)16(4,5)6/h12H,7-11H2,1-6H3. The van der Waals surface area contributed by atoms with Gasteiger partial charge in [-0.05, 0) is 10.8 Å². The van der Waals surface area contributed by atoms with Gasteiger partial charge in [0, 0.05) is 6.42 Å². The fourth-order valence-corrected chi connectivity index (χ4v) is 2.15. The van der Waals surface area contributed by atoms with E-state index < -0.39 is 0 Å². The van der Waals surface area contributed by atoms with Crippen LogP contribution in [0, 0.1) is 16.7 Å². The molecule has 1 aliphatic rings. The van der Waals surface area contributed by atoms with E-state index in [4.69, 9.17) is 9.47 Å². The number of nitrogens with zero attached hydrogens (tertiary/aromatic N) is 1. The SMILES string of the molecule is CC(C)(C)COCCOCN1C(=O)CC(C(C)(C)C)C1=O. The van der Waals surface area contributed by atoms with E-state index in [1.807, 2.05) is 20.8 Å². The third kappa shape index (κ3) is 5.75. The van der Waals surface area contributed by atoms with Crippen LogP contribution < -0.4 is 0 Å². The average molecular weight is 299 g/mol. The predicted molar refractivity (Wildman–Crippen MR) is 80.5 cm³/mol. The Morgan fingerprint density at radius 1 is 1.05 bits per heavy atom. The van der Waals surface area contributed by atoms with Crippen LogP contribution in [0.25, 0.3) is 0 Å². The van der Waals surface area contributed by atoms with Gasteiger partial charge < -0.3 is 9.47 Å². The first kappa shape index (κ1) is 18.1. The summed E-state index contributed by atoms with van der Waals surface area (Å²) in [5.41, 5.74) is -0.0713. The van der Waals surface area contributed by atoms with Crippen LogP contribution in [0.2, 0.25) is 0 Å². The van der Waals surface area contributed by atoms with Crippen LogP contribution >= 0.6 is 0 Å². The fraction of sp³-hybridized carbons (Fsp3) is 0.875. The second-order valence-electron chi connectivity index (χ2n) is 7.93. The summed E-state index contributed by atoms with van der Waals surface area (Å²) in [4.78, 5) is 25.3. The minimum Gasteiger partial charge on any atom is -0.379 e. The van der Waals surface area contributed by atoms with Crippen LogP contribution in [0.1, 0.15) is 48.0 Å². The molecule has 122 valence electrons. The summed E-state index contributed by atoms with van der Waals surface area (Å²) in [6.45, 7) is 13.8. The lowest BCUT2D eigenvalue weighted by molar-refractivity contribution is -0.147. The summed E-state index contributed by atoms with van der Waals surface area (Å²) in [7, 11) is 0. The topological polar surface area (TPSA) is 55.8 Å². The molecule has 0 aromatic carbocycles. The smallest absolute Gasteiger partial charge is 0.235 e. The lowest BCUT2D eigenvalue weighted by Crippen LogP contribution is -2.36.